The number of carbonyl (C=O) groups is 1. The van der Waals surface area contributed by atoms with Gasteiger partial charge in [0.2, 0.25) is 0 Å². The molecule has 2 aromatic carbocycles. The van der Waals surface area contributed by atoms with Crippen LogP contribution in [0, 0.1) is 6.92 Å². The van der Waals surface area contributed by atoms with Crippen LogP contribution in [0.25, 0.3) is 0 Å². The standard InChI is InChI=1S/C16H15ClO3/c1-10-7-8-13(14(17)9-10)16(2,20)12-6-4-3-5-11(12)15(18)19/h3-9,20H,1-2H3,(H,18,19). The van der Waals surface area contributed by atoms with Gasteiger partial charge in [-0.1, -0.05) is 41.9 Å². The molecule has 104 valence electrons. The molecule has 0 aromatic heterocycles. The van der Waals surface area contributed by atoms with Crippen molar-refractivity contribution in [2.24, 2.45) is 0 Å². The second kappa shape index (κ2) is 5.27. The van der Waals surface area contributed by atoms with Crippen molar-refractivity contribution in [2.45, 2.75) is 19.4 Å². The van der Waals surface area contributed by atoms with Crippen LogP contribution in [0.5, 0.6) is 0 Å². The molecular weight excluding hydrogens is 276 g/mol. The van der Waals surface area contributed by atoms with Crippen LogP contribution in [-0.2, 0) is 5.60 Å². The zero-order valence-electron chi connectivity index (χ0n) is 11.2. The Bertz CT molecular complexity index is 663. The maximum Gasteiger partial charge on any atom is 0.336 e. The zero-order valence-corrected chi connectivity index (χ0v) is 12.0. The molecule has 0 aliphatic carbocycles. The Labute approximate surface area is 122 Å². The third kappa shape index (κ3) is 2.55. The smallest absolute Gasteiger partial charge is 0.336 e. The third-order valence-electron chi connectivity index (χ3n) is 3.33. The number of hydrogen-bond donors (Lipinski definition) is 2. The first-order chi connectivity index (χ1) is 9.34. The van der Waals surface area contributed by atoms with E-state index >= 15 is 0 Å². The number of aryl methyl sites for hydroxylation is 1. The Morgan fingerprint density at radius 1 is 1.15 bits per heavy atom. The number of carboxylic acids is 1. The van der Waals surface area contributed by atoms with Gasteiger partial charge in [0, 0.05) is 16.1 Å². The normalized spacial score (nSPS) is 13.8. The lowest BCUT2D eigenvalue weighted by molar-refractivity contribution is 0.0668. The van der Waals surface area contributed by atoms with Gasteiger partial charge in [-0.2, -0.15) is 0 Å². The van der Waals surface area contributed by atoms with Gasteiger partial charge in [0.1, 0.15) is 5.60 Å². The van der Waals surface area contributed by atoms with E-state index in [0.717, 1.165) is 5.56 Å². The Hall–Kier alpha value is -1.84. The van der Waals surface area contributed by atoms with Gasteiger partial charge in [0.25, 0.3) is 0 Å². The quantitative estimate of drug-likeness (QED) is 0.908. The van der Waals surface area contributed by atoms with Gasteiger partial charge >= 0.3 is 5.97 Å². The molecule has 0 spiro atoms. The monoisotopic (exact) mass is 290 g/mol. The van der Waals surface area contributed by atoms with E-state index in [1.54, 1.807) is 37.3 Å². The van der Waals surface area contributed by atoms with E-state index in [1.165, 1.54) is 6.07 Å². The first-order valence-corrected chi connectivity index (χ1v) is 6.53. The zero-order chi connectivity index (χ0) is 14.9. The largest absolute Gasteiger partial charge is 0.478 e. The lowest BCUT2D eigenvalue weighted by atomic mass is 9.85. The van der Waals surface area contributed by atoms with Crippen molar-refractivity contribution in [3.05, 3.63) is 69.7 Å². The molecule has 0 heterocycles. The minimum absolute atomic E-state index is 0.0640. The number of hydrogen-bond acceptors (Lipinski definition) is 2. The Balaban J connectivity index is 2.63. The molecule has 0 aliphatic rings. The summed E-state index contributed by atoms with van der Waals surface area (Å²) in [7, 11) is 0. The first-order valence-electron chi connectivity index (χ1n) is 6.16. The lowest BCUT2D eigenvalue weighted by Crippen LogP contribution is -2.26. The summed E-state index contributed by atoms with van der Waals surface area (Å²) < 4.78 is 0. The van der Waals surface area contributed by atoms with Gasteiger partial charge in [0.05, 0.1) is 5.56 Å². The average molecular weight is 291 g/mol. The fourth-order valence-electron chi connectivity index (χ4n) is 2.25. The Kier molecular flexibility index (Phi) is 3.84. The predicted octanol–water partition coefficient (Wildman–Crippen LogP) is 3.60. The van der Waals surface area contributed by atoms with E-state index in [-0.39, 0.29) is 5.56 Å². The molecule has 0 radical (unpaired) electrons. The molecule has 1 atom stereocenters. The first kappa shape index (κ1) is 14.6. The number of rotatable bonds is 3. The van der Waals surface area contributed by atoms with E-state index in [9.17, 15) is 15.0 Å². The van der Waals surface area contributed by atoms with Gasteiger partial charge in [-0.15, -0.1) is 0 Å². The number of aliphatic hydroxyl groups is 1. The highest BCUT2D eigenvalue weighted by atomic mass is 35.5. The Morgan fingerprint density at radius 2 is 1.80 bits per heavy atom. The summed E-state index contributed by atoms with van der Waals surface area (Å²) in [5.41, 5.74) is 0.367. The van der Waals surface area contributed by atoms with Crippen molar-refractivity contribution in [3.8, 4) is 0 Å². The molecule has 3 nitrogen and oxygen atoms in total. The summed E-state index contributed by atoms with van der Waals surface area (Å²) in [6, 6.07) is 11.7. The summed E-state index contributed by atoms with van der Waals surface area (Å²) in [5.74, 6) is -1.08. The molecule has 0 saturated heterocycles. The maximum atomic E-state index is 11.3. The summed E-state index contributed by atoms with van der Waals surface area (Å²) >= 11 is 6.19. The van der Waals surface area contributed by atoms with Gasteiger partial charge in [-0.3, -0.25) is 0 Å². The van der Waals surface area contributed by atoms with Gasteiger partial charge in [0.15, 0.2) is 0 Å². The minimum Gasteiger partial charge on any atom is -0.478 e. The van der Waals surface area contributed by atoms with Crippen LogP contribution < -0.4 is 0 Å². The second-order valence-corrected chi connectivity index (χ2v) is 5.31. The van der Waals surface area contributed by atoms with Crippen molar-refractivity contribution < 1.29 is 15.0 Å². The number of halogens is 1. The van der Waals surface area contributed by atoms with Crippen LogP contribution in [0.4, 0.5) is 0 Å². The predicted molar refractivity (Wildman–Crippen MR) is 78.3 cm³/mol. The number of aromatic carboxylic acids is 1. The Morgan fingerprint density at radius 3 is 2.40 bits per heavy atom. The van der Waals surface area contributed by atoms with Gasteiger partial charge < -0.3 is 10.2 Å². The maximum absolute atomic E-state index is 11.3. The summed E-state index contributed by atoms with van der Waals surface area (Å²) in [5, 5.41) is 20.5. The van der Waals surface area contributed by atoms with Crippen LogP contribution in [-0.4, -0.2) is 16.2 Å². The van der Waals surface area contributed by atoms with Gasteiger partial charge in [-0.25, -0.2) is 4.79 Å². The highest BCUT2D eigenvalue weighted by molar-refractivity contribution is 6.31. The molecule has 0 saturated carbocycles. The van der Waals surface area contributed by atoms with E-state index < -0.39 is 11.6 Å². The molecule has 4 heteroatoms. The molecular formula is C16H15ClO3. The van der Waals surface area contributed by atoms with Gasteiger partial charge in [-0.05, 0) is 31.5 Å². The molecule has 1 unspecified atom stereocenters. The number of benzene rings is 2. The van der Waals surface area contributed by atoms with Crippen molar-refractivity contribution in [1.82, 2.24) is 0 Å². The average Bonchev–Trinajstić information content (AvgIpc) is 2.38. The van der Waals surface area contributed by atoms with E-state index in [0.29, 0.717) is 16.1 Å². The summed E-state index contributed by atoms with van der Waals surface area (Å²) in [4.78, 5) is 11.3. The molecule has 2 rings (SSSR count). The minimum atomic E-state index is -1.47. The van der Waals surface area contributed by atoms with E-state index in [4.69, 9.17) is 11.6 Å². The van der Waals surface area contributed by atoms with E-state index in [1.807, 2.05) is 13.0 Å². The molecule has 0 amide bonds. The van der Waals surface area contributed by atoms with E-state index in [2.05, 4.69) is 0 Å². The van der Waals surface area contributed by atoms with Crippen LogP contribution in [0.1, 0.15) is 34.0 Å². The second-order valence-electron chi connectivity index (χ2n) is 4.91. The van der Waals surface area contributed by atoms with Crippen LogP contribution in [0.2, 0.25) is 5.02 Å². The fraction of sp³-hybridized carbons (Fsp3) is 0.188. The van der Waals surface area contributed by atoms with Crippen molar-refractivity contribution in [3.63, 3.8) is 0 Å². The summed E-state index contributed by atoms with van der Waals surface area (Å²) in [6.07, 6.45) is 0. The molecule has 0 aliphatic heterocycles. The molecule has 2 N–H and O–H groups in total. The van der Waals surface area contributed by atoms with Crippen molar-refractivity contribution in [2.75, 3.05) is 0 Å². The molecule has 0 bridgehead atoms. The number of carboxylic acid groups (broad SMARTS) is 1. The lowest BCUT2D eigenvalue weighted by Gasteiger charge is -2.27. The van der Waals surface area contributed by atoms with Crippen LogP contribution >= 0.6 is 11.6 Å². The SMILES string of the molecule is Cc1ccc(C(C)(O)c2ccccc2C(=O)O)c(Cl)c1. The highest BCUT2D eigenvalue weighted by Crippen LogP contribution is 2.36. The molecule has 2 aromatic rings. The third-order valence-corrected chi connectivity index (χ3v) is 3.64. The molecule has 20 heavy (non-hydrogen) atoms. The highest BCUT2D eigenvalue weighted by Gasteiger charge is 2.31. The molecule has 0 fully saturated rings. The van der Waals surface area contributed by atoms with Crippen LogP contribution in [0.3, 0.4) is 0 Å². The fourth-order valence-corrected chi connectivity index (χ4v) is 2.67. The topological polar surface area (TPSA) is 57.5 Å². The van der Waals surface area contributed by atoms with Crippen molar-refractivity contribution in [1.29, 1.82) is 0 Å². The van der Waals surface area contributed by atoms with Crippen LogP contribution in [0.15, 0.2) is 42.5 Å². The summed E-state index contributed by atoms with van der Waals surface area (Å²) in [6.45, 7) is 3.45. The van der Waals surface area contributed by atoms with Crippen molar-refractivity contribution >= 4 is 17.6 Å².